The van der Waals surface area contributed by atoms with Crippen molar-refractivity contribution in [3.8, 4) is 11.8 Å². The van der Waals surface area contributed by atoms with Crippen LogP contribution in [0, 0.1) is 14.9 Å². The fourth-order valence-corrected chi connectivity index (χ4v) is 1.34. The van der Waals surface area contributed by atoms with E-state index >= 15 is 0 Å². The molecule has 0 unspecified atom stereocenters. The normalized spacial score (nSPS) is 9.31. The first kappa shape index (κ1) is 10.3. The molecule has 0 aromatic heterocycles. The Morgan fingerprint density at radius 3 is 2.92 bits per heavy atom. The molecule has 1 aromatic rings. The highest BCUT2D eigenvalue weighted by molar-refractivity contribution is 14.1. The molecule has 0 saturated heterocycles. The second kappa shape index (κ2) is 5.04. The van der Waals surface area contributed by atoms with Crippen molar-refractivity contribution in [3.05, 3.63) is 27.3 Å². The highest BCUT2D eigenvalue weighted by Gasteiger charge is 2.01. The van der Waals surface area contributed by atoms with Gasteiger partial charge >= 0.3 is 0 Å². The maximum atomic E-state index is 8.65. The molecule has 13 heavy (non-hydrogen) atoms. The largest absolute Gasteiger partial charge is 0.491 e. The highest BCUT2D eigenvalue weighted by Crippen LogP contribution is 2.21. The fourth-order valence-electron chi connectivity index (χ4n) is 0.852. The molecule has 1 aromatic carbocycles. The van der Waals surface area contributed by atoms with E-state index in [2.05, 4.69) is 28.7 Å². The van der Waals surface area contributed by atoms with E-state index < -0.39 is 0 Å². The van der Waals surface area contributed by atoms with E-state index in [-0.39, 0.29) is 0 Å². The van der Waals surface area contributed by atoms with Crippen LogP contribution in [-0.4, -0.2) is 13.2 Å². The lowest BCUT2D eigenvalue weighted by molar-refractivity contribution is 0.326. The van der Waals surface area contributed by atoms with Gasteiger partial charge in [0.1, 0.15) is 12.4 Å². The minimum absolute atomic E-state index is 0.477. The first-order chi connectivity index (χ1) is 6.27. The van der Waals surface area contributed by atoms with Gasteiger partial charge < -0.3 is 10.5 Å². The Kier molecular flexibility index (Phi) is 3.99. The van der Waals surface area contributed by atoms with Gasteiger partial charge in [0.2, 0.25) is 0 Å². The number of hydrogen-bond acceptors (Lipinski definition) is 3. The summed E-state index contributed by atoms with van der Waals surface area (Å²) < 4.78 is 6.34. The van der Waals surface area contributed by atoms with E-state index in [1.807, 2.05) is 6.07 Å². The van der Waals surface area contributed by atoms with Crippen LogP contribution in [0.4, 0.5) is 0 Å². The average Bonchev–Trinajstić information content (AvgIpc) is 2.17. The summed E-state index contributed by atoms with van der Waals surface area (Å²) >= 11 is 2.16. The van der Waals surface area contributed by atoms with Gasteiger partial charge in [-0.1, -0.05) is 0 Å². The van der Waals surface area contributed by atoms with Crippen molar-refractivity contribution in [2.75, 3.05) is 13.2 Å². The van der Waals surface area contributed by atoms with Crippen molar-refractivity contribution in [1.29, 1.82) is 5.26 Å². The maximum Gasteiger partial charge on any atom is 0.133 e. The van der Waals surface area contributed by atoms with Crippen molar-refractivity contribution in [2.45, 2.75) is 0 Å². The molecule has 3 nitrogen and oxygen atoms in total. The zero-order valence-electron chi connectivity index (χ0n) is 6.96. The number of nitrogens with zero attached hydrogens (tertiary/aromatic N) is 1. The van der Waals surface area contributed by atoms with Crippen LogP contribution in [0.2, 0.25) is 0 Å². The second-order valence-corrected chi connectivity index (χ2v) is 3.56. The molecule has 0 radical (unpaired) electrons. The van der Waals surface area contributed by atoms with Gasteiger partial charge in [0.25, 0.3) is 0 Å². The van der Waals surface area contributed by atoms with Gasteiger partial charge in [-0.2, -0.15) is 5.26 Å². The maximum absolute atomic E-state index is 8.65. The Morgan fingerprint density at radius 1 is 1.54 bits per heavy atom. The van der Waals surface area contributed by atoms with Crippen molar-refractivity contribution in [2.24, 2.45) is 5.73 Å². The lowest BCUT2D eigenvalue weighted by atomic mass is 10.2. The van der Waals surface area contributed by atoms with E-state index in [0.717, 1.165) is 9.32 Å². The Bertz CT molecular complexity index is 333. The number of ether oxygens (including phenoxy) is 1. The third-order valence-corrected chi connectivity index (χ3v) is 2.33. The third kappa shape index (κ3) is 2.86. The summed E-state index contributed by atoms with van der Waals surface area (Å²) in [5.41, 5.74) is 5.91. The molecule has 0 aliphatic rings. The summed E-state index contributed by atoms with van der Waals surface area (Å²) in [6.45, 7) is 0.956. The summed E-state index contributed by atoms with van der Waals surface area (Å²) in [4.78, 5) is 0. The molecule has 0 aliphatic heterocycles. The minimum Gasteiger partial charge on any atom is -0.491 e. The number of nitrogens with two attached hydrogens (primary N) is 1. The van der Waals surface area contributed by atoms with Gasteiger partial charge in [-0.05, 0) is 40.8 Å². The fraction of sp³-hybridized carbons (Fsp3) is 0.222. The van der Waals surface area contributed by atoms with E-state index in [1.54, 1.807) is 12.1 Å². The first-order valence-corrected chi connectivity index (χ1v) is 4.88. The van der Waals surface area contributed by atoms with E-state index in [1.165, 1.54) is 0 Å². The molecule has 0 aliphatic carbocycles. The molecule has 2 N–H and O–H groups in total. The summed E-state index contributed by atoms with van der Waals surface area (Å²) in [6.07, 6.45) is 0. The lowest BCUT2D eigenvalue weighted by Gasteiger charge is -2.06. The van der Waals surface area contributed by atoms with Gasteiger partial charge in [0.15, 0.2) is 0 Å². The second-order valence-electron chi connectivity index (χ2n) is 2.39. The number of benzene rings is 1. The van der Waals surface area contributed by atoms with Crippen LogP contribution < -0.4 is 10.5 Å². The van der Waals surface area contributed by atoms with Crippen LogP contribution in [0.25, 0.3) is 0 Å². The predicted octanol–water partition coefficient (Wildman–Crippen LogP) is 1.50. The third-order valence-electron chi connectivity index (χ3n) is 1.44. The van der Waals surface area contributed by atoms with Crippen LogP contribution in [-0.2, 0) is 0 Å². The standard InChI is InChI=1S/C9H9IN2O/c10-8-2-1-7(6-12)5-9(8)13-4-3-11/h1-2,5H,3-4,11H2. The van der Waals surface area contributed by atoms with Crippen molar-refractivity contribution in [3.63, 3.8) is 0 Å². The molecule has 68 valence electrons. The zero-order chi connectivity index (χ0) is 9.68. The van der Waals surface area contributed by atoms with Crippen LogP contribution in [0.3, 0.4) is 0 Å². The number of hydrogen-bond donors (Lipinski definition) is 1. The van der Waals surface area contributed by atoms with Crippen LogP contribution in [0.1, 0.15) is 5.56 Å². The summed E-state index contributed by atoms with van der Waals surface area (Å²) in [5.74, 6) is 0.727. The molecule has 0 heterocycles. The topological polar surface area (TPSA) is 59.0 Å². The van der Waals surface area contributed by atoms with Gasteiger partial charge in [-0.3, -0.25) is 0 Å². The number of halogens is 1. The Balaban J connectivity index is 2.85. The molecule has 0 fully saturated rings. The molecule has 0 spiro atoms. The van der Waals surface area contributed by atoms with Gasteiger partial charge in [0, 0.05) is 6.54 Å². The molecular formula is C9H9IN2O. The molecule has 4 heteroatoms. The van der Waals surface area contributed by atoms with Gasteiger partial charge in [-0.15, -0.1) is 0 Å². The van der Waals surface area contributed by atoms with Gasteiger partial charge in [-0.25, -0.2) is 0 Å². The lowest BCUT2D eigenvalue weighted by Crippen LogP contribution is -2.11. The average molecular weight is 288 g/mol. The Morgan fingerprint density at radius 2 is 2.31 bits per heavy atom. The minimum atomic E-state index is 0.477. The quantitative estimate of drug-likeness (QED) is 0.857. The Labute approximate surface area is 90.6 Å². The molecular weight excluding hydrogens is 279 g/mol. The van der Waals surface area contributed by atoms with Crippen molar-refractivity contribution < 1.29 is 4.74 Å². The van der Waals surface area contributed by atoms with Gasteiger partial charge in [0.05, 0.1) is 15.2 Å². The molecule has 1 rings (SSSR count). The molecule has 0 saturated carbocycles. The summed E-state index contributed by atoms with van der Waals surface area (Å²) in [7, 11) is 0. The van der Waals surface area contributed by atoms with E-state index in [0.29, 0.717) is 18.7 Å². The smallest absolute Gasteiger partial charge is 0.133 e. The Hall–Kier alpha value is -0.800. The predicted molar refractivity (Wildman–Crippen MR) is 58.4 cm³/mol. The first-order valence-electron chi connectivity index (χ1n) is 3.80. The molecule has 0 atom stereocenters. The van der Waals surface area contributed by atoms with Crippen molar-refractivity contribution >= 4 is 22.6 Å². The monoisotopic (exact) mass is 288 g/mol. The highest BCUT2D eigenvalue weighted by atomic mass is 127. The number of rotatable bonds is 3. The van der Waals surface area contributed by atoms with E-state index in [4.69, 9.17) is 15.7 Å². The summed E-state index contributed by atoms with van der Waals surface area (Å²) in [6, 6.07) is 7.39. The van der Waals surface area contributed by atoms with Crippen LogP contribution >= 0.6 is 22.6 Å². The van der Waals surface area contributed by atoms with Crippen molar-refractivity contribution in [1.82, 2.24) is 0 Å². The SMILES string of the molecule is N#Cc1ccc(I)c(OCCN)c1. The number of nitriles is 1. The molecule has 0 amide bonds. The zero-order valence-corrected chi connectivity index (χ0v) is 9.11. The van der Waals surface area contributed by atoms with Crippen LogP contribution in [0.5, 0.6) is 5.75 Å². The molecule has 0 bridgehead atoms. The van der Waals surface area contributed by atoms with E-state index in [9.17, 15) is 0 Å². The summed E-state index contributed by atoms with van der Waals surface area (Å²) in [5, 5.41) is 8.65. The van der Waals surface area contributed by atoms with Crippen LogP contribution in [0.15, 0.2) is 18.2 Å².